The summed E-state index contributed by atoms with van der Waals surface area (Å²) in [5.74, 6) is -0.781. The van der Waals surface area contributed by atoms with E-state index in [0.29, 0.717) is 12.2 Å². The van der Waals surface area contributed by atoms with Crippen LogP contribution in [0, 0.1) is 0 Å². The molecule has 0 saturated carbocycles. The number of hydrogen-bond acceptors (Lipinski definition) is 5. The minimum atomic E-state index is -3.89. The molecule has 1 aromatic rings. The van der Waals surface area contributed by atoms with Crippen LogP contribution in [-0.2, 0) is 20.8 Å². The largest absolute Gasteiger partial charge is 0.495 e. The van der Waals surface area contributed by atoms with Gasteiger partial charge in [-0.25, -0.2) is 17.9 Å². The Kier molecular flexibility index (Phi) is 6.31. The number of methoxy groups -OCH3 is 1. The van der Waals surface area contributed by atoms with Crippen molar-refractivity contribution in [3.05, 3.63) is 23.8 Å². The van der Waals surface area contributed by atoms with E-state index >= 15 is 0 Å². The van der Waals surface area contributed by atoms with Gasteiger partial charge in [0.1, 0.15) is 10.6 Å². The third kappa shape index (κ3) is 5.10. The summed E-state index contributed by atoms with van der Waals surface area (Å²) in [7, 11) is -3.59. The Balaban J connectivity index is 2.97. The van der Waals surface area contributed by atoms with Gasteiger partial charge in [-0.2, -0.15) is 0 Å². The van der Waals surface area contributed by atoms with Crippen molar-refractivity contribution in [1.29, 1.82) is 0 Å². The zero-order valence-corrected chi connectivity index (χ0v) is 13.3. The summed E-state index contributed by atoms with van der Waals surface area (Å²) < 4.78 is 42.5. The summed E-state index contributed by atoms with van der Waals surface area (Å²) in [6.45, 7) is 0.113. The maximum Gasteiger partial charge on any atom is 0.335 e. The van der Waals surface area contributed by atoms with Crippen LogP contribution in [0.5, 0.6) is 5.75 Å². The fourth-order valence-corrected chi connectivity index (χ4v) is 3.40. The minimum absolute atomic E-state index is 0.0616. The number of rotatable bonds is 8. The van der Waals surface area contributed by atoms with E-state index in [1.165, 1.54) is 25.5 Å². The highest BCUT2D eigenvalue weighted by atomic mass is 32.2. The lowest BCUT2D eigenvalue weighted by Crippen LogP contribution is -2.26. The Hall–Kier alpha value is -1.45. The van der Waals surface area contributed by atoms with Crippen LogP contribution in [0.1, 0.15) is 16.8 Å². The number of sulfonamides is 1. The van der Waals surface area contributed by atoms with Crippen LogP contribution in [-0.4, -0.2) is 49.4 Å². The molecule has 7 nitrogen and oxygen atoms in total. The Bertz CT molecular complexity index is 641. The normalized spacial score (nSPS) is 12.9. The predicted molar refractivity (Wildman–Crippen MR) is 78.7 cm³/mol. The molecule has 0 fully saturated rings. The van der Waals surface area contributed by atoms with Gasteiger partial charge in [0, 0.05) is 29.4 Å². The van der Waals surface area contributed by atoms with Crippen LogP contribution < -0.4 is 9.46 Å². The van der Waals surface area contributed by atoms with Crippen LogP contribution in [0.25, 0.3) is 0 Å². The third-order valence-corrected chi connectivity index (χ3v) is 4.95. The molecule has 0 saturated heterocycles. The number of carboxylic acid groups (broad SMARTS) is 1. The van der Waals surface area contributed by atoms with Crippen LogP contribution in [0.4, 0.5) is 0 Å². The average molecular weight is 335 g/mol. The summed E-state index contributed by atoms with van der Waals surface area (Å²) in [6.07, 6.45) is 1.96. The second-order valence-corrected chi connectivity index (χ2v) is 7.49. The molecule has 0 heterocycles. The van der Waals surface area contributed by atoms with E-state index in [4.69, 9.17) is 9.84 Å². The molecule has 0 aliphatic rings. The second-order valence-electron chi connectivity index (χ2n) is 4.20. The van der Waals surface area contributed by atoms with E-state index in [9.17, 15) is 17.4 Å². The summed E-state index contributed by atoms with van der Waals surface area (Å²) in [5.41, 5.74) is -0.147. The first-order valence-electron chi connectivity index (χ1n) is 5.99. The molecule has 0 radical (unpaired) electrons. The predicted octanol–water partition coefficient (Wildman–Crippen LogP) is 0.440. The molecule has 0 aliphatic carbocycles. The van der Waals surface area contributed by atoms with Crippen LogP contribution in [0.2, 0.25) is 0 Å². The number of benzene rings is 1. The van der Waals surface area contributed by atoms with Crippen LogP contribution in [0.3, 0.4) is 0 Å². The lowest BCUT2D eigenvalue weighted by atomic mass is 10.2. The van der Waals surface area contributed by atoms with E-state index in [1.54, 1.807) is 0 Å². The summed E-state index contributed by atoms with van der Waals surface area (Å²) in [4.78, 5) is 10.7. The highest BCUT2D eigenvalue weighted by molar-refractivity contribution is 7.89. The topological polar surface area (TPSA) is 110 Å². The van der Waals surface area contributed by atoms with Gasteiger partial charge in [0.25, 0.3) is 0 Å². The van der Waals surface area contributed by atoms with Crippen LogP contribution >= 0.6 is 0 Å². The Morgan fingerprint density at radius 1 is 1.43 bits per heavy atom. The molecule has 2 N–H and O–H groups in total. The molecule has 0 aliphatic heterocycles. The van der Waals surface area contributed by atoms with Crippen molar-refractivity contribution in [2.45, 2.75) is 11.3 Å². The maximum atomic E-state index is 12.2. The Morgan fingerprint density at radius 2 is 2.10 bits per heavy atom. The molecule has 0 spiro atoms. The van der Waals surface area contributed by atoms with Gasteiger partial charge in [0.15, 0.2) is 0 Å². The van der Waals surface area contributed by atoms with Crippen molar-refractivity contribution in [3.63, 3.8) is 0 Å². The number of hydrogen-bond donors (Lipinski definition) is 2. The van der Waals surface area contributed by atoms with Gasteiger partial charge in [-0.15, -0.1) is 0 Å². The third-order valence-electron chi connectivity index (χ3n) is 2.60. The minimum Gasteiger partial charge on any atom is -0.495 e. The van der Waals surface area contributed by atoms with Gasteiger partial charge < -0.3 is 9.84 Å². The highest BCUT2D eigenvalue weighted by Gasteiger charge is 2.21. The van der Waals surface area contributed by atoms with E-state index < -0.39 is 26.8 Å². The average Bonchev–Trinajstić information content (AvgIpc) is 2.42. The highest BCUT2D eigenvalue weighted by Crippen LogP contribution is 2.24. The molecule has 118 valence electrons. The molecule has 21 heavy (non-hydrogen) atoms. The Morgan fingerprint density at radius 3 is 2.62 bits per heavy atom. The van der Waals surface area contributed by atoms with Crippen molar-refractivity contribution in [1.82, 2.24) is 4.72 Å². The first kappa shape index (κ1) is 17.6. The molecule has 1 atom stereocenters. The fraction of sp³-hybridized carbons (Fsp3) is 0.417. The number of carbonyl (C=O) groups is 1. The monoisotopic (exact) mass is 335 g/mol. The standard InChI is InChI=1S/C12H17NO6S2/c1-19-10-5-4-9(12(14)15)8-11(10)21(17,18)13-6-3-7-20(2)16/h4-5,8,13H,3,6-7H2,1-2H3,(H,14,15). The first-order valence-corrected chi connectivity index (χ1v) is 9.20. The summed E-state index contributed by atoms with van der Waals surface area (Å²) >= 11 is 0. The molecule has 0 aromatic heterocycles. The zero-order chi connectivity index (χ0) is 16.0. The summed E-state index contributed by atoms with van der Waals surface area (Å²) in [6, 6.07) is 3.60. The molecule has 0 amide bonds. The Labute approximate surface area is 125 Å². The van der Waals surface area contributed by atoms with Crippen molar-refractivity contribution in [3.8, 4) is 5.75 Å². The number of aromatic carboxylic acids is 1. The van der Waals surface area contributed by atoms with Gasteiger partial charge >= 0.3 is 5.97 Å². The first-order chi connectivity index (χ1) is 9.77. The quantitative estimate of drug-likeness (QED) is 0.667. The lowest BCUT2D eigenvalue weighted by Gasteiger charge is -2.11. The van der Waals surface area contributed by atoms with Gasteiger partial charge in [0.2, 0.25) is 10.0 Å². The molecule has 1 unspecified atom stereocenters. The number of ether oxygens (including phenoxy) is 1. The van der Waals surface area contributed by atoms with Crippen molar-refractivity contribution < 1.29 is 27.3 Å². The molecule has 9 heteroatoms. The number of nitrogens with one attached hydrogen (secondary N) is 1. The fourth-order valence-electron chi connectivity index (χ4n) is 1.58. The van der Waals surface area contributed by atoms with E-state index in [1.807, 2.05) is 0 Å². The van der Waals surface area contributed by atoms with Gasteiger partial charge in [-0.1, -0.05) is 0 Å². The van der Waals surface area contributed by atoms with E-state index in [0.717, 1.165) is 6.07 Å². The lowest BCUT2D eigenvalue weighted by molar-refractivity contribution is 0.0696. The van der Waals surface area contributed by atoms with Gasteiger partial charge in [-0.05, 0) is 24.6 Å². The second kappa shape index (κ2) is 7.53. The van der Waals surface area contributed by atoms with Gasteiger partial charge in [0.05, 0.1) is 12.7 Å². The van der Waals surface area contributed by atoms with E-state index in [-0.39, 0.29) is 22.8 Å². The van der Waals surface area contributed by atoms with Crippen molar-refractivity contribution in [2.24, 2.45) is 0 Å². The van der Waals surface area contributed by atoms with Crippen molar-refractivity contribution in [2.75, 3.05) is 25.7 Å². The summed E-state index contributed by atoms with van der Waals surface area (Å²) in [5, 5.41) is 8.92. The van der Waals surface area contributed by atoms with Gasteiger partial charge in [-0.3, -0.25) is 4.21 Å². The van der Waals surface area contributed by atoms with E-state index in [2.05, 4.69) is 4.72 Å². The molecule has 1 rings (SSSR count). The van der Waals surface area contributed by atoms with Crippen molar-refractivity contribution >= 4 is 26.8 Å². The molecular weight excluding hydrogens is 318 g/mol. The zero-order valence-electron chi connectivity index (χ0n) is 11.7. The SMILES string of the molecule is COc1ccc(C(=O)O)cc1S(=O)(=O)NCCCS(C)=O. The molecule has 1 aromatic carbocycles. The number of carboxylic acids is 1. The van der Waals surface area contributed by atoms with Crippen LogP contribution in [0.15, 0.2) is 23.1 Å². The molecular formula is C12H17NO6S2. The molecule has 0 bridgehead atoms. The maximum absolute atomic E-state index is 12.2. The smallest absolute Gasteiger partial charge is 0.335 e.